The maximum absolute atomic E-state index is 13.3. The smallest absolute Gasteiger partial charge is 0.227 e. The molecule has 1 aromatic carbocycles. The molecular weight excluding hydrogens is 279 g/mol. The fourth-order valence-corrected chi connectivity index (χ4v) is 3.19. The number of carbonyl (C=O) groups is 1. The Balaban J connectivity index is 0.00000147. The van der Waals surface area contributed by atoms with Crippen molar-refractivity contribution in [2.24, 2.45) is 5.92 Å². The van der Waals surface area contributed by atoms with Crippen LogP contribution in [0, 0.1) is 11.7 Å². The summed E-state index contributed by atoms with van der Waals surface area (Å²) in [6.45, 7) is 2.51. The number of nitrogens with zero attached hydrogens (tertiary/aromatic N) is 1. The number of halogens is 2. The molecule has 2 aliphatic heterocycles. The predicted octanol–water partition coefficient (Wildman–Crippen LogP) is 2.52. The van der Waals surface area contributed by atoms with Gasteiger partial charge in [-0.05, 0) is 43.5 Å². The van der Waals surface area contributed by atoms with Crippen LogP contribution in [0.5, 0.6) is 0 Å². The van der Waals surface area contributed by atoms with Crippen LogP contribution in [0.4, 0.5) is 4.39 Å². The molecule has 0 spiro atoms. The zero-order valence-corrected chi connectivity index (χ0v) is 12.2. The van der Waals surface area contributed by atoms with Crippen molar-refractivity contribution in [3.05, 3.63) is 35.6 Å². The van der Waals surface area contributed by atoms with Crippen LogP contribution in [0.3, 0.4) is 0 Å². The molecule has 3 rings (SSSR count). The summed E-state index contributed by atoms with van der Waals surface area (Å²) in [7, 11) is 0. The summed E-state index contributed by atoms with van der Waals surface area (Å²) < 4.78 is 13.3. The molecule has 0 bridgehead atoms. The van der Waals surface area contributed by atoms with Crippen molar-refractivity contribution in [3.63, 3.8) is 0 Å². The van der Waals surface area contributed by atoms with Gasteiger partial charge in [0.05, 0.1) is 12.0 Å². The number of hydrogen-bond acceptors (Lipinski definition) is 2. The van der Waals surface area contributed by atoms with E-state index in [2.05, 4.69) is 5.32 Å². The molecule has 1 N–H and O–H groups in total. The van der Waals surface area contributed by atoms with E-state index in [0.29, 0.717) is 0 Å². The number of likely N-dealkylation sites (tertiary alicyclic amines) is 1. The highest BCUT2D eigenvalue weighted by atomic mass is 35.5. The Labute approximate surface area is 124 Å². The van der Waals surface area contributed by atoms with Crippen molar-refractivity contribution in [1.82, 2.24) is 10.2 Å². The number of amides is 1. The fraction of sp³-hybridized carbons (Fsp3) is 0.533. The lowest BCUT2D eigenvalue weighted by Crippen LogP contribution is -2.36. The zero-order valence-electron chi connectivity index (χ0n) is 11.3. The van der Waals surface area contributed by atoms with E-state index in [0.717, 1.165) is 44.5 Å². The lowest BCUT2D eigenvalue weighted by molar-refractivity contribution is -0.135. The van der Waals surface area contributed by atoms with Gasteiger partial charge in [0.1, 0.15) is 5.82 Å². The van der Waals surface area contributed by atoms with E-state index in [1.165, 1.54) is 6.07 Å². The van der Waals surface area contributed by atoms with Crippen molar-refractivity contribution in [1.29, 1.82) is 0 Å². The number of rotatable bonds is 2. The first-order valence-corrected chi connectivity index (χ1v) is 7.02. The predicted molar refractivity (Wildman–Crippen MR) is 78.3 cm³/mol. The Morgan fingerprint density at radius 2 is 2.20 bits per heavy atom. The quantitative estimate of drug-likeness (QED) is 0.910. The minimum atomic E-state index is -0.223. The third-order valence-corrected chi connectivity index (χ3v) is 4.18. The van der Waals surface area contributed by atoms with E-state index in [1.807, 2.05) is 11.0 Å². The maximum atomic E-state index is 13.3. The summed E-state index contributed by atoms with van der Waals surface area (Å²) >= 11 is 0. The van der Waals surface area contributed by atoms with Crippen LogP contribution in [0.1, 0.15) is 30.9 Å². The molecular formula is C15H20ClFN2O. The summed E-state index contributed by atoms with van der Waals surface area (Å²) in [6.07, 6.45) is 2.87. The highest BCUT2D eigenvalue weighted by Crippen LogP contribution is 2.33. The molecule has 3 nitrogen and oxygen atoms in total. The molecule has 0 aromatic heterocycles. The molecule has 110 valence electrons. The highest BCUT2D eigenvalue weighted by molar-refractivity contribution is 5.85. The molecule has 5 heteroatoms. The molecule has 2 atom stereocenters. The van der Waals surface area contributed by atoms with Gasteiger partial charge in [0.25, 0.3) is 0 Å². The van der Waals surface area contributed by atoms with Gasteiger partial charge in [-0.3, -0.25) is 4.79 Å². The normalized spacial score (nSPS) is 25.6. The first kappa shape index (κ1) is 15.3. The first-order chi connectivity index (χ1) is 9.25. The minimum absolute atomic E-state index is 0. The van der Waals surface area contributed by atoms with E-state index >= 15 is 0 Å². The van der Waals surface area contributed by atoms with Gasteiger partial charge in [0, 0.05) is 13.1 Å². The topological polar surface area (TPSA) is 32.3 Å². The van der Waals surface area contributed by atoms with E-state index in [1.54, 1.807) is 12.1 Å². The van der Waals surface area contributed by atoms with Gasteiger partial charge in [-0.1, -0.05) is 12.1 Å². The van der Waals surface area contributed by atoms with Gasteiger partial charge >= 0.3 is 0 Å². The highest BCUT2D eigenvalue weighted by Gasteiger charge is 2.34. The molecule has 1 aromatic rings. The minimum Gasteiger partial charge on any atom is -0.335 e. The van der Waals surface area contributed by atoms with E-state index in [9.17, 15) is 9.18 Å². The Morgan fingerprint density at radius 3 is 2.90 bits per heavy atom. The van der Waals surface area contributed by atoms with Gasteiger partial charge < -0.3 is 10.2 Å². The standard InChI is InChI=1S/C15H19FN2O.ClH/c16-13-4-1-3-11(9-13)14-5-2-8-18(14)15(19)12-6-7-17-10-12;/h1,3-4,9,12,14,17H,2,5-8,10H2;1H. The van der Waals surface area contributed by atoms with Gasteiger partial charge in [0.2, 0.25) is 5.91 Å². The third kappa shape index (κ3) is 2.96. The molecule has 2 heterocycles. The van der Waals surface area contributed by atoms with E-state index in [4.69, 9.17) is 0 Å². The molecule has 0 saturated carbocycles. The third-order valence-electron chi connectivity index (χ3n) is 4.18. The van der Waals surface area contributed by atoms with Crippen LogP contribution in [0.15, 0.2) is 24.3 Å². The lowest BCUT2D eigenvalue weighted by atomic mass is 10.0. The van der Waals surface area contributed by atoms with Gasteiger partial charge in [0.15, 0.2) is 0 Å². The largest absolute Gasteiger partial charge is 0.335 e. The summed E-state index contributed by atoms with van der Waals surface area (Å²) in [5.41, 5.74) is 0.928. The second-order valence-corrected chi connectivity index (χ2v) is 5.43. The number of hydrogen-bond donors (Lipinski definition) is 1. The second-order valence-electron chi connectivity index (χ2n) is 5.43. The number of nitrogens with one attached hydrogen (secondary N) is 1. The fourth-order valence-electron chi connectivity index (χ4n) is 3.19. The zero-order chi connectivity index (χ0) is 13.2. The van der Waals surface area contributed by atoms with Crippen LogP contribution >= 0.6 is 12.4 Å². The SMILES string of the molecule is Cl.O=C(C1CCNC1)N1CCCC1c1cccc(F)c1. The number of benzene rings is 1. The molecule has 20 heavy (non-hydrogen) atoms. The summed E-state index contributed by atoms with van der Waals surface area (Å²) in [5, 5.41) is 3.23. The van der Waals surface area contributed by atoms with Crippen LogP contribution in [0.25, 0.3) is 0 Å². The Bertz CT molecular complexity index is 477. The Hall–Kier alpha value is -1.13. The second kappa shape index (κ2) is 6.55. The Morgan fingerprint density at radius 1 is 1.35 bits per heavy atom. The summed E-state index contributed by atoms with van der Waals surface area (Å²) in [6, 6.07) is 6.72. The summed E-state index contributed by atoms with van der Waals surface area (Å²) in [5.74, 6) is 0.116. The lowest BCUT2D eigenvalue weighted by Gasteiger charge is -2.27. The van der Waals surface area contributed by atoms with Crippen molar-refractivity contribution >= 4 is 18.3 Å². The summed E-state index contributed by atoms with van der Waals surface area (Å²) in [4.78, 5) is 14.5. The van der Waals surface area contributed by atoms with Gasteiger partial charge in [-0.2, -0.15) is 0 Å². The van der Waals surface area contributed by atoms with Crippen LogP contribution in [-0.2, 0) is 4.79 Å². The molecule has 1 amide bonds. The van der Waals surface area contributed by atoms with Crippen molar-refractivity contribution in [2.75, 3.05) is 19.6 Å². The van der Waals surface area contributed by atoms with Crippen LogP contribution in [0.2, 0.25) is 0 Å². The first-order valence-electron chi connectivity index (χ1n) is 7.02. The Kier molecular flexibility index (Phi) is 5.00. The van der Waals surface area contributed by atoms with Crippen molar-refractivity contribution in [2.45, 2.75) is 25.3 Å². The van der Waals surface area contributed by atoms with Crippen molar-refractivity contribution < 1.29 is 9.18 Å². The molecule has 0 aliphatic carbocycles. The van der Waals surface area contributed by atoms with Crippen LogP contribution in [-0.4, -0.2) is 30.4 Å². The average Bonchev–Trinajstić information content (AvgIpc) is 3.09. The van der Waals surface area contributed by atoms with E-state index in [-0.39, 0.29) is 36.1 Å². The maximum Gasteiger partial charge on any atom is 0.227 e. The van der Waals surface area contributed by atoms with Gasteiger partial charge in [-0.15, -0.1) is 12.4 Å². The molecule has 2 saturated heterocycles. The molecule has 0 radical (unpaired) electrons. The van der Waals surface area contributed by atoms with Crippen LogP contribution < -0.4 is 5.32 Å². The molecule has 2 aliphatic rings. The average molecular weight is 299 g/mol. The molecule has 2 unspecified atom stereocenters. The van der Waals surface area contributed by atoms with Gasteiger partial charge in [-0.25, -0.2) is 4.39 Å². The van der Waals surface area contributed by atoms with Crippen molar-refractivity contribution in [3.8, 4) is 0 Å². The monoisotopic (exact) mass is 298 g/mol. The van der Waals surface area contributed by atoms with E-state index < -0.39 is 0 Å². The molecule has 2 fully saturated rings. The number of carbonyl (C=O) groups excluding carboxylic acids is 1.